The van der Waals surface area contributed by atoms with Crippen molar-refractivity contribution in [2.75, 3.05) is 19.8 Å². The first-order valence-electron chi connectivity index (χ1n) is 7.18. The van der Waals surface area contributed by atoms with Gasteiger partial charge in [0.2, 0.25) is 0 Å². The fourth-order valence-corrected chi connectivity index (χ4v) is 1.79. The molecule has 0 aliphatic carbocycles. The van der Waals surface area contributed by atoms with Gasteiger partial charge in [0.1, 0.15) is 10.8 Å². The van der Waals surface area contributed by atoms with E-state index in [2.05, 4.69) is 0 Å². The average Bonchev–Trinajstić information content (AvgIpc) is 2.49. The van der Waals surface area contributed by atoms with Crippen molar-refractivity contribution in [3.05, 3.63) is 41.4 Å². The Labute approximate surface area is 133 Å². The SMILES string of the molecule is FC(F)(F)/C(Cl)=C/CCOCCCCCOc1ccccc1. The first kappa shape index (κ1) is 18.8. The maximum absolute atomic E-state index is 12.1. The number of hydrogen-bond donors (Lipinski definition) is 0. The molecule has 0 radical (unpaired) electrons. The van der Waals surface area contributed by atoms with E-state index in [4.69, 9.17) is 21.1 Å². The molecule has 0 aliphatic rings. The van der Waals surface area contributed by atoms with Gasteiger partial charge in [0.05, 0.1) is 13.2 Å². The summed E-state index contributed by atoms with van der Waals surface area (Å²) in [4.78, 5) is 0. The Morgan fingerprint density at radius 1 is 1.00 bits per heavy atom. The molecule has 0 spiro atoms. The molecular weight excluding hydrogens is 317 g/mol. The summed E-state index contributed by atoms with van der Waals surface area (Å²) in [5.74, 6) is 0.854. The quantitative estimate of drug-likeness (QED) is 0.538. The van der Waals surface area contributed by atoms with Gasteiger partial charge in [0, 0.05) is 6.61 Å². The second kappa shape index (κ2) is 10.5. The molecule has 1 aromatic carbocycles. The first-order chi connectivity index (χ1) is 10.5. The smallest absolute Gasteiger partial charge is 0.426 e. The van der Waals surface area contributed by atoms with E-state index in [0.29, 0.717) is 13.2 Å². The van der Waals surface area contributed by atoms with E-state index in [1.807, 2.05) is 30.3 Å². The van der Waals surface area contributed by atoms with Crippen LogP contribution in [-0.2, 0) is 4.74 Å². The van der Waals surface area contributed by atoms with E-state index < -0.39 is 11.2 Å². The van der Waals surface area contributed by atoms with Crippen LogP contribution in [0, 0.1) is 0 Å². The maximum Gasteiger partial charge on any atom is 0.426 e. The van der Waals surface area contributed by atoms with E-state index >= 15 is 0 Å². The summed E-state index contributed by atoms with van der Waals surface area (Å²) < 4.78 is 47.0. The lowest BCUT2D eigenvalue weighted by molar-refractivity contribution is -0.0848. The van der Waals surface area contributed by atoms with E-state index in [1.165, 1.54) is 0 Å². The van der Waals surface area contributed by atoms with Crippen LogP contribution >= 0.6 is 11.6 Å². The Bertz CT molecular complexity index is 433. The Kier molecular flexibility index (Phi) is 9.01. The van der Waals surface area contributed by atoms with Crippen LogP contribution in [0.25, 0.3) is 0 Å². The molecule has 0 atom stereocenters. The number of halogens is 4. The van der Waals surface area contributed by atoms with Gasteiger partial charge in [0.15, 0.2) is 0 Å². The molecule has 0 aromatic heterocycles. The minimum absolute atomic E-state index is 0.162. The van der Waals surface area contributed by atoms with Crippen molar-refractivity contribution in [3.63, 3.8) is 0 Å². The van der Waals surface area contributed by atoms with Gasteiger partial charge < -0.3 is 9.47 Å². The molecule has 0 heterocycles. The minimum atomic E-state index is -4.46. The summed E-state index contributed by atoms with van der Waals surface area (Å²) in [6, 6.07) is 9.58. The van der Waals surface area contributed by atoms with Crippen molar-refractivity contribution in [2.45, 2.75) is 31.9 Å². The number of alkyl halides is 3. The van der Waals surface area contributed by atoms with Crippen LogP contribution in [0.5, 0.6) is 5.75 Å². The molecule has 0 N–H and O–H groups in total. The molecular formula is C16H20ClF3O2. The number of benzene rings is 1. The molecule has 0 bridgehead atoms. The number of allylic oxidation sites excluding steroid dienone is 1. The number of unbranched alkanes of at least 4 members (excludes halogenated alkanes) is 2. The highest BCUT2D eigenvalue weighted by molar-refractivity contribution is 6.30. The molecule has 0 saturated heterocycles. The molecule has 2 nitrogen and oxygen atoms in total. The summed E-state index contributed by atoms with van der Waals surface area (Å²) in [6.45, 7) is 1.42. The van der Waals surface area contributed by atoms with E-state index in [0.717, 1.165) is 31.1 Å². The van der Waals surface area contributed by atoms with Crippen molar-refractivity contribution in [3.8, 4) is 5.75 Å². The molecule has 1 aromatic rings. The highest BCUT2D eigenvalue weighted by Crippen LogP contribution is 2.28. The summed E-state index contributed by atoms with van der Waals surface area (Å²) >= 11 is 5.07. The second-order valence-corrected chi connectivity index (χ2v) is 5.08. The summed E-state index contributed by atoms with van der Waals surface area (Å²) in [5, 5.41) is -1.09. The van der Waals surface area contributed by atoms with E-state index in [-0.39, 0.29) is 13.0 Å². The third-order valence-electron chi connectivity index (χ3n) is 2.80. The molecule has 0 amide bonds. The lowest BCUT2D eigenvalue weighted by atomic mass is 10.2. The predicted molar refractivity (Wildman–Crippen MR) is 81.2 cm³/mol. The molecule has 6 heteroatoms. The largest absolute Gasteiger partial charge is 0.494 e. The van der Waals surface area contributed by atoms with Crippen molar-refractivity contribution in [1.82, 2.24) is 0 Å². The van der Waals surface area contributed by atoms with Crippen LogP contribution in [0.15, 0.2) is 41.4 Å². The zero-order valence-corrected chi connectivity index (χ0v) is 13.0. The standard InChI is InChI=1S/C16H20ClF3O2/c17-15(16(18,19)20)10-7-12-21-11-5-2-6-13-22-14-8-3-1-4-9-14/h1,3-4,8-10H,2,5-7,11-13H2/b15-10-. The molecule has 0 saturated carbocycles. The normalized spacial score (nSPS) is 12.5. The molecule has 22 heavy (non-hydrogen) atoms. The summed E-state index contributed by atoms with van der Waals surface area (Å²) in [5.41, 5.74) is 0. The van der Waals surface area contributed by atoms with Crippen molar-refractivity contribution < 1.29 is 22.6 Å². The van der Waals surface area contributed by atoms with Gasteiger partial charge in [-0.3, -0.25) is 0 Å². The van der Waals surface area contributed by atoms with Gasteiger partial charge in [-0.15, -0.1) is 0 Å². The zero-order chi connectivity index (χ0) is 16.3. The Balaban J connectivity index is 1.92. The van der Waals surface area contributed by atoms with Crippen LogP contribution in [0.4, 0.5) is 13.2 Å². The van der Waals surface area contributed by atoms with Gasteiger partial charge in [-0.05, 0) is 37.8 Å². The summed E-state index contributed by atoms with van der Waals surface area (Å²) in [6.07, 6.45) is -0.635. The van der Waals surface area contributed by atoms with Crippen molar-refractivity contribution in [2.24, 2.45) is 0 Å². The zero-order valence-electron chi connectivity index (χ0n) is 12.2. The van der Waals surface area contributed by atoms with Gasteiger partial charge in [-0.1, -0.05) is 35.9 Å². The lowest BCUT2D eigenvalue weighted by Crippen LogP contribution is -2.07. The van der Waals surface area contributed by atoms with E-state index in [1.54, 1.807) is 0 Å². The molecule has 0 aliphatic heterocycles. The number of ether oxygens (including phenoxy) is 2. The second-order valence-electron chi connectivity index (χ2n) is 4.67. The third kappa shape index (κ3) is 8.95. The lowest BCUT2D eigenvalue weighted by Gasteiger charge is -2.06. The van der Waals surface area contributed by atoms with Crippen LogP contribution < -0.4 is 4.74 Å². The first-order valence-corrected chi connectivity index (χ1v) is 7.56. The van der Waals surface area contributed by atoms with Gasteiger partial charge in [-0.25, -0.2) is 0 Å². The number of rotatable bonds is 10. The Morgan fingerprint density at radius 3 is 2.36 bits per heavy atom. The Hall–Kier alpha value is -1.20. The third-order valence-corrected chi connectivity index (χ3v) is 3.17. The molecule has 1 rings (SSSR count). The average molecular weight is 337 g/mol. The minimum Gasteiger partial charge on any atom is -0.494 e. The highest BCUT2D eigenvalue weighted by atomic mass is 35.5. The maximum atomic E-state index is 12.1. The topological polar surface area (TPSA) is 18.5 Å². The molecule has 0 unspecified atom stereocenters. The fourth-order valence-electron chi connectivity index (χ4n) is 1.68. The fraction of sp³-hybridized carbons (Fsp3) is 0.500. The van der Waals surface area contributed by atoms with Gasteiger partial charge in [-0.2, -0.15) is 13.2 Å². The Morgan fingerprint density at radius 2 is 1.68 bits per heavy atom. The van der Waals surface area contributed by atoms with Crippen LogP contribution in [0.1, 0.15) is 25.7 Å². The highest BCUT2D eigenvalue weighted by Gasteiger charge is 2.31. The van der Waals surface area contributed by atoms with Crippen LogP contribution in [0.2, 0.25) is 0 Å². The van der Waals surface area contributed by atoms with Crippen LogP contribution in [0.3, 0.4) is 0 Å². The van der Waals surface area contributed by atoms with Gasteiger partial charge >= 0.3 is 6.18 Å². The molecule has 0 fully saturated rings. The predicted octanol–water partition coefficient (Wildman–Crippen LogP) is 5.33. The van der Waals surface area contributed by atoms with E-state index in [9.17, 15) is 13.2 Å². The van der Waals surface area contributed by atoms with Crippen molar-refractivity contribution in [1.29, 1.82) is 0 Å². The number of hydrogen-bond acceptors (Lipinski definition) is 2. The number of para-hydroxylation sites is 1. The molecule has 124 valence electrons. The van der Waals surface area contributed by atoms with Crippen LogP contribution in [-0.4, -0.2) is 26.0 Å². The van der Waals surface area contributed by atoms with Gasteiger partial charge in [0.25, 0.3) is 0 Å². The monoisotopic (exact) mass is 336 g/mol. The summed E-state index contributed by atoms with van der Waals surface area (Å²) in [7, 11) is 0. The van der Waals surface area contributed by atoms with Crippen molar-refractivity contribution >= 4 is 11.6 Å².